The largest absolute Gasteiger partial charge is 0.366 e. The van der Waals surface area contributed by atoms with Crippen LogP contribution in [0.4, 0.5) is 0 Å². The summed E-state index contributed by atoms with van der Waals surface area (Å²) in [6, 6.07) is 0. The Kier molecular flexibility index (Phi) is 2.77. The van der Waals surface area contributed by atoms with Crippen molar-refractivity contribution in [3.63, 3.8) is 0 Å². The van der Waals surface area contributed by atoms with Gasteiger partial charge in [-0.25, -0.2) is 0 Å². The van der Waals surface area contributed by atoms with Crippen LogP contribution in [0.2, 0.25) is 0 Å². The molecule has 0 unspecified atom stereocenters. The third-order valence-corrected chi connectivity index (χ3v) is 1.90. The zero-order valence-electron chi connectivity index (χ0n) is 6.68. The minimum Gasteiger partial charge on any atom is -0.366 e. The molecule has 0 atom stereocenters. The van der Waals surface area contributed by atoms with Crippen LogP contribution < -0.4 is 0 Å². The van der Waals surface area contributed by atoms with Crippen LogP contribution in [-0.4, -0.2) is 12.7 Å². The van der Waals surface area contributed by atoms with Crippen LogP contribution in [0.3, 0.4) is 0 Å². The Hall–Kier alpha value is -0.480. The second kappa shape index (κ2) is 3.63. The van der Waals surface area contributed by atoms with Crippen molar-refractivity contribution >= 4 is 0 Å². The number of rotatable bonds is 2. The normalized spacial score (nSPS) is 30.2. The van der Waals surface area contributed by atoms with E-state index in [1.54, 1.807) is 0 Å². The van der Waals surface area contributed by atoms with Crippen molar-refractivity contribution in [2.75, 3.05) is 6.61 Å². The van der Waals surface area contributed by atoms with Gasteiger partial charge in [0, 0.05) is 0 Å². The molecule has 1 aliphatic carbocycles. The van der Waals surface area contributed by atoms with Crippen LogP contribution in [0, 0.1) is 17.8 Å². The average Bonchev–Trinajstić information content (AvgIpc) is 1.85. The monoisotopic (exact) mass is 138 g/mol. The summed E-state index contributed by atoms with van der Waals surface area (Å²) in [6.07, 6.45) is 2.97. The zero-order valence-corrected chi connectivity index (χ0v) is 6.68. The van der Waals surface area contributed by atoms with E-state index in [4.69, 9.17) is 4.74 Å². The van der Waals surface area contributed by atoms with Gasteiger partial charge in [-0.05, 0) is 25.7 Å². The first-order valence-electron chi connectivity index (χ1n) is 3.84. The molecule has 0 saturated heterocycles. The smallest absolute Gasteiger partial charge is 0.108 e. The SMILES string of the molecule is CC#CCOC1CC(C)C1. The van der Waals surface area contributed by atoms with Gasteiger partial charge >= 0.3 is 0 Å². The quantitative estimate of drug-likeness (QED) is 0.529. The molecule has 56 valence electrons. The van der Waals surface area contributed by atoms with Crippen molar-refractivity contribution in [3.8, 4) is 11.8 Å². The van der Waals surface area contributed by atoms with Crippen LogP contribution in [-0.2, 0) is 4.74 Å². The average molecular weight is 138 g/mol. The summed E-state index contributed by atoms with van der Waals surface area (Å²) in [5, 5.41) is 0. The highest BCUT2D eigenvalue weighted by molar-refractivity contribution is 4.95. The van der Waals surface area contributed by atoms with Gasteiger partial charge in [-0.2, -0.15) is 0 Å². The van der Waals surface area contributed by atoms with Gasteiger partial charge in [0.25, 0.3) is 0 Å². The van der Waals surface area contributed by atoms with Crippen molar-refractivity contribution in [1.82, 2.24) is 0 Å². The lowest BCUT2D eigenvalue weighted by Crippen LogP contribution is -2.29. The van der Waals surface area contributed by atoms with Crippen molar-refractivity contribution in [1.29, 1.82) is 0 Å². The summed E-state index contributed by atoms with van der Waals surface area (Å²) >= 11 is 0. The molecule has 0 aliphatic heterocycles. The predicted octanol–water partition coefficient (Wildman–Crippen LogP) is 1.82. The minimum absolute atomic E-state index is 0.510. The molecule has 0 radical (unpaired) electrons. The van der Waals surface area contributed by atoms with Gasteiger partial charge in [0.1, 0.15) is 6.61 Å². The van der Waals surface area contributed by atoms with Crippen LogP contribution in [0.25, 0.3) is 0 Å². The second-order valence-corrected chi connectivity index (χ2v) is 2.94. The molecule has 0 aromatic rings. The number of hydrogen-bond acceptors (Lipinski definition) is 1. The Morgan fingerprint density at radius 2 is 2.20 bits per heavy atom. The lowest BCUT2D eigenvalue weighted by Gasteiger charge is -2.31. The molecule has 1 fully saturated rings. The molecular weight excluding hydrogens is 124 g/mol. The lowest BCUT2D eigenvalue weighted by molar-refractivity contribution is -0.00902. The molecular formula is C9H14O. The van der Waals surface area contributed by atoms with Gasteiger partial charge in [0.05, 0.1) is 6.10 Å². The highest BCUT2D eigenvalue weighted by Crippen LogP contribution is 2.28. The highest BCUT2D eigenvalue weighted by atomic mass is 16.5. The van der Waals surface area contributed by atoms with E-state index < -0.39 is 0 Å². The van der Waals surface area contributed by atoms with E-state index in [1.165, 1.54) is 12.8 Å². The van der Waals surface area contributed by atoms with Gasteiger partial charge < -0.3 is 4.74 Å². The van der Waals surface area contributed by atoms with Gasteiger partial charge in [-0.1, -0.05) is 12.8 Å². The topological polar surface area (TPSA) is 9.23 Å². The summed E-state index contributed by atoms with van der Waals surface area (Å²) < 4.78 is 5.42. The number of ether oxygens (including phenoxy) is 1. The van der Waals surface area contributed by atoms with Crippen LogP contribution in [0.5, 0.6) is 0 Å². The Labute approximate surface area is 62.8 Å². The highest BCUT2D eigenvalue weighted by Gasteiger charge is 2.25. The second-order valence-electron chi connectivity index (χ2n) is 2.94. The van der Waals surface area contributed by atoms with E-state index >= 15 is 0 Å². The Bertz CT molecular complexity index is 146. The van der Waals surface area contributed by atoms with Crippen LogP contribution in [0.1, 0.15) is 26.7 Å². The summed E-state index contributed by atoms with van der Waals surface area (Å²) in [7, 11) is 0. The summed E-state index contributed by atoms with van der Waals surface area (Å²) in [6.45, 7) is 4.71. The van der Waals surface area contributed by atoms with Gasteiger partial charge in [-0.3, -0.25) is 0 Å². The molecule has 1 rings (SSSR count). The molecule has 0 bridgehead atoms. The van der Waals surface area contributed by atoms with E-state index in [1.807, 2.05) is 6.92 Å². The van der Waals surface area contributed by atoms with E-state index in [0.29, 0.717) is 12.7 Å². The van der Waals surface area contributed by atoms with E-state index in [0.717, 1.165) is 5.92 Å². The fraction of sp³-hybridized carbons (Fsp3) is 0.778. The zero-order chi connectivity index (χ0) is 7.40. The van der Waals surface area contributed by atoms with Gasteiger partial charge in [-0.15, -0.1) is 5.92 Å². The van der Waals surface area contributed by atoms with E-state index in [2.05, 4.69) is 18.8 Å². The maximum atomic E-state index is 5.42. The standard InChI is InChI=1S/C9H14O/c1-3-4-5-10-9-6-8(2)7-9/h8-9H,5-7H2,1-2H3. The van der Waals surface area contributed by atoms with E-state index in [-0.39, 0.29) is 0 Å². The molecule has 0 aromatic carbocycles. The van der Waals surface area contributed by atoms with Crippen molar-refractivity contribution in [3.05, 3.63) is 0 Å². The Morgan fingerprint density at radius 3 is 2.70 bits per heavy atom. The first-order valence-corrected chi connectivity index (χ1v) is 3.84. The Balaban J connectivity index is 1.98. The van der Waals surface area contributed by atoms with Crippen LogP contribution in [0.15, 0.2) is 0 Å². The molecule has 10 heavy (non-hydrogen) atoms. The van der Waals surface area contributed by atoms with Crippen molar-refractivity contribution in [2.45, 2.75) is 32.8 Å². The van der Waals surface area contributed by atoms with Crippen molar-refractivity contribution < 1.29 is 4.74 Å². The summed E-state index contributed by atoms with van der Waals surface area (Å²) in [5.74, 6) is 6.57. The molecule has 1 saturated carbocycles. The number of hydrogen-bond donors (Lipinski definition) is 0. The summed E-state index contributed by atoms with van der Waals surface area (Å²) in [5.41, 5.74) is 0. The molecule has 1 nitrogen and oxygen atoms in total. The molecule has 1 aliphatic rings. The molecule has 1 heteroatoms. The van der Waals surface area contributed by atoms with Gasteiger partial charge in [0.2, 0.25) is 0 Å². The maximum Gasteiger partial charge on any atom is 0.108 e. The molecule has 0 heterocycles. The third-order valence-electron chi connectivity index (χ3n) is 1.90. The minimum atomic E-state index is 0.510. The molecule has 0 spiro atoms. The third kappa shape index (κ3) is 2.04. The first kappa shape index (κ1) is 7.63. The molecule has 0 amide bonds. The lowest BCUT2D eigenvalue weighted by atomic mass is 9.84. The maximum absolute atomic E-state index is 5.42. The Morgan fingerprint density at radius 1 is 1.50 bits per heavy atom. The van der Waals surface area contributed by atoms with E-state index in [9.17, 15) is 0 Å². The molecule has 0 aromatic heterocycles. The van der Waals surface area contributed by atoms with Crippen molar-refractivity contribution in [2.24, 2.45) is 5.92 Å². The van der Waals surface area contributed by atoms with Crippen LogP contribution >= 0.6 is 0 Å². The molecule has 0 N–H and O–H groups in total. The predicted molar refractivity (Wildman–Crippen MR) is 41.6 cm³/mol. The fourth-order valence-corrected chi connectivity index (χ4v) is 1.20. The van der Waals surface area contributed by atoms with Gasteiger partial charge in [0.15, 0.2) is 0 Å². The first-order chi connectivity index (χ1) is 4.83. The summed E-state index contributed by atoms with van der Waals surface area (Å²) in [4.78, 5) is 0. The fourth-order valence-electron chi connectivity index (χ4n) is 1.20.